The van der Waals surface area contributed by atoms with E-state index in [1.165, 1.54) is 0 Å². The summed E-state index contributed by atoms with van der Waals surface area (Å²) in [6.07, 6.45) is 3.37. The highest BCUT2D eigenvalue weighted by atomic mass is 16.5. The maximum Gasteiger partial charge on any atom is 0.258 e. The number of anilines is 1. The molecule has 4 heteroatoms. The molecule has 1 spiro atoms. The molecule has 0 aromatic heterocycles. The first-order chi connectivity index (χ1) is 13.6. The maximum absolute atomic E-state index is 13.7. The zero-order valence-corrected chi connectivity index (χ0v) is 15.9. The monoisotopic (exact) mass is 373 g/mol. The summed E-state index contributed by atoms with van der Waals surface area (Å²) in [5.41, 5.74) is 1.65. The number of ketones is 1. The van der Waals surface area contributed by atoms with Crippen molar-refractivity contribution in [3.05, 3.63) is 65.7 Å². The third-order valence-electron chi connectivity index (χ3n) is 7.77. The number of benzene rings is 2. The van der Waals surface area contributed by atoms with Crippen LogP contribution in [0.1, 0.15) is 54.4 Å². The molecule has 2 saturated heterocycles. The van der Waals surface area contributed by atoms with E-state index in [0.717, 1.165) is 36.9 Å². The van der Waals surface area contributed by atoms with E-state index in [2.05, 4.69) is 13.0 Å². The molecule has 0 radical (unpaired) electrons. The smallest absolute Gasteiger partial charge is 0.258 e. The fourth-order valence-electron chi connectivity index (χ4n) is 6.50. The van der Waals surface area contributed by atoms with Crippen LogP contribution >= 0.6 is 0 Å². The maximum atomic E-state index is 13.7. The van der Waals surface area contributed by atoms with Gasteiger partial charge in [-0.25, -0.2) is 0 Å². The molecule has 4 aliphatic rings. The van der Waals surface area contributed by atoms with Gasteiger partial charge in [0.15, 0.2) is 5.78 Å². The minimum atomic E-state index is -0.568. The van der Waals surface area contributed by atoms with E-state index >= 15 is 0 Å². The van der Waals surface area contributed by atoms with Crippen molar-refractivity contribution in [1.29, 1.82) is 0 Å². The number of nitrogens with zero attached hydrogens (tertiary/aromatic N) is 1. The van der Waals surface area contributed by atoms with Gasteiger partial charge in [-0.05, 0) is 43.5 Å². The average Bonchev–Trinajstić information content (AvgIpc) is 3.32. The van der Waals surface area contributed by atoms with Gasteiger partial charge < -0.3 is 9.64 Å². The minimum absolute atomic E-state index is 0.00597. The molecule has 6 rings (SSSR count). The van der Waals surface area contributed by atoms with Gasteiger partial charge in [0.05, 0.1) is 11.5 Å². The molecule has 2 aromatic carbocycles. The van der Waals surface area contributed by atoms with E-state index in [-0.39, 0.29) is 23.7 Å². The second-order valence-corrected chi connectivity index (χ2v) is 8.90. The third-order valence-corrected chi connectivity index (χ3v) is 7.77. The normalized spacial score (nSPS) is 37.5. The lowest BCUT2D eigenvalue weighted by Crippen LogP contribution is -2.64. The van der Waals surface area contributed by atoms with Crippen molar-refractivity contribution >= 4 is 17.4 Å². The topological polar surface area (TPSA) is 46.6 Å². The standard InChI is InChI=1S/C24H23NO3/c1-23-13-7-8-14-24(23)20-18(19(28-24)21(23)26)16-11-5-6-12-17(16)25(20)22(27)15-9-3-2-4-10-15/h2-6,9-12,18-20H,7-8,13-14H2,1H3/t18-,19+,20-,23+,24-/m0/s1. The summed E-state index contributed by atoms with van der Waals surface area (Å²) in [7, 11) is 0. The molecule has 1 aliphatic carbocycles. The Morgan fingerprint density at radius 1 is 1.04 bits per heavy atom. The van der Waals surface area contributed by atoms with Crippen LogP contribution in [0.25, 0.3) is 0 Å². The second kappa shape index (κ2) is 5.32. The number of amides is 1. The van der Waals surface area contributed by atoms with Crippen molar-refractivity contribution in [2.75, 3.05) is 4.90 Å². The van der Waals surface area contributed by atoms with Gasteiger partial charge in [-0.15, -0.1) is 0 Å². The largest absolute Gasteiger partial charge is 0.360 e. The molecule has 2 bridgehead atoms. The van der Waals surface area contributed by atoms with Crippen LogP contribution in [0, 0.1) is 5.41 Å². The summed E-state index contributed by atoms with van der Waals surface area (Å²) in [6, 6.07) is 17.4. The van der Waals surface area contributed by atoms with Crippen LogP contribution in [0.4, 0.5) is 5.69 Å². The summed E-state index contributed by atoms with van der Waals surface area (Å²) < 4.78 is 6.58. The highest BCUT2D eigenvalue weighted by molar-refractivity contribution is 6.10. The van der Waals surface area contributed by atoms with Crippen LogP contribution in [0.15, 0.2) is 54.6 Å². The number of ether oxygens (including phenoxy) is 1. The number of hydrogen-bond acceptors (Lipinski definition) is 3. The highest BCUT2D eigenvalue weighted by Gasteiger charge is 2.77. The van der Waals surface area contributed by atoms with Crippen molar-refractivity contribution in [2.45, 2.75) is 56.3 Å². The molecule has 5 atom stereocenters. The van der Waals surface area contributed by atoms with Crippen LogP contribution in [0.5, 0.6) is 0 Å². The fourth-order valence-corrected chi connectivity index (χ4v) is 6.50. The fraction of sp³-hybridized carbons (Fsp3) is 0.417. The molecule has 3 fully saturated rings. The second-order valence-electron chi connectivity index (χ2n) is 8.90. The predicted octanol–water partition coefficient (Wildman–Crippen LogP) is 4.10. The molecule has 1 saturated carbocycles. The van der Waals surface area contributed by atoms with Gasteiger partial charge in [-0.1, -0.05) is 49.2 Å². The predicted molar refractivity (Wildman–Crippen MR) is 105 cm³/mol. The Morgan fingerprint density at radius 2 is 1.75 bits per heavy atom. The molecule has 3 heterocycles. The van der Waals surface area contributed by atoms with E-state index in [1.54, 1.807) is 0 Å². The minimum Gasteiger partial charge on any atom is -0.360 e. The Morgan fingerprint density at radius 3 is 2.57 bits per heavy atom. The number of Topliss-reactive ketones (excluding diaryl/α,β-unsaturated/α-hetero) is 1. The first kappa shape index (κ1) is 16.5. The van der Waals surface area contributed by atoms with Gasteiger partial charge in [-0.3, -0.25) is 9.59 Å². The Hall–Kier alpha value is -2.46. The van der Waals surface area contributed by atoms with E-state index in [9.17, 15) is 9.59 Å². The Balaban J connectivity index is 1.56. The van der Waals surface area contributed by atoms with Gasteiger partial charge in [0.25, 0.3) is 5.91 Å². The molecule has 2 aromatic rings. The van der Waals surface area contributed by atoms with Gasteiger partial charge in [0.1, 0.15) is 11.7 Å². The van der Waals surface area contributed by atoms with Gasteiger partial charge >= 0.3 is 0 Å². The number of carbonyl (C=O) groups is 2. The van der Waals surface area contributed by atoms with Crippen molar-refractivity contribution in [3.8, 4) is 0 Å². The van der Waals surface area contributed by atoms with Crippen LogP contribution in [0.2, 0.25) is 0 Å². The van der Waals surface area contributed by atoms with E-state index in [1.807, 2.05) is 53.4 Å². The van der Waals surface area contributed by atoms with Crippen LogP contribution in [-0.2, 0) is 9.53 Å². The number of fused-ring (bicyclic) bond motifs is 5. The van der Waals surface area contributed by atoms with E-state index in [0.29, 0.717) is 5.56 Å². The number of carbonyl (C=O) groups excluding carboxylic acids is 2. The van der Waals surface area contributed by atoms with Crippen LogP contribution < -0.4 is 4.90 Å². The average molecular weight is 373 g/mol. The van der Waals surface area contributed by atoms with Crippen LogP contribution in [-0.4, -0.2) is 29.4 Å². The molecule has 0 N–H and O–H groups in total. The molecular weight excluding hydrogens is 350 g/mol. The molecule has 142 valence electrons. The molecule has 3 aliphatic heterocycles. The number of para-hydroxylation sites is 1. The highest BCUT2D eigenvalue weighted by Crippen LogP contribution is 2.68. The SMILES string of the molecule is C[C@]12CCCC[C@@]13O[C@@H](C2=O)[C@@H]1c2ccccc2N(C(=O)c2ccccc2)[C@@H]13. The first-order valence-electron chi connectivity index (χ1n) is 10.3. The lowest BCUT2D eigenvalue weighted by Gasteiger charge is -2.51. The quantitative estimate of drug-likeness (QED) is 0.756. The van der Waals surface area contributed by atoms with Crippen LogP contribution in [0.3, 0.4) is 0 Å². The van der Waals surface area contributed by atoms with E-state index in [4.69, 9.17) is 4.74 Å². The zero-order valence-electron chi connectivity index (χ0n) is 15.9. The van der Waals surface area contributed by atoms with E-state index < -0.39 is 17.1 Å². The summed E-state index contributed by atoms with van der Waals surface area (Å²) in [4.78, 5) is 29.0. The van der Waals surface area contributed by atoms with Crippen molar-refractivity contribution in [1.82, 2.24) is 0 Å². The van der Waals surface area contributed by atoms with Crippen molar-refractivity contribution in [2.24, 2.45) is 5.41 Å². The molecule has 1 amide bonds. The summed E-state index contributed by atoms with van der Waals surface area (Å²) in [6.45, 7) is 2.08. The van der Waals surface area contributed by atoms with Gasteiger partial charge in [-0.2, -0.15) is 0 Å². The molecule has 28 heavy (non-hydrogen) atoms. The Bertz CT molecular complexity index is 1000. The number of rotatable bonds is 1. The first-order valence-corrected chi connectivity index (χ1v) is 10.3. The lowest BCUT2D eigenvalue weighted by molar-refractivity contribution is -0.133. The zero-order chi connectivity index (χ0) is 19.1. The van der Waals surface area contributed by atoms with Gasteiger partial charge in [0, 0.05) is 17.2 Å². The summed E-state index contributed by atoms with van der Waals surface area (Å²) in [5, 5.41) is 0. The molecular formula is C24H23NO3. The van der Waals surface area contributed by atoms with Gasteiger partial charge in [0.2, 0.25) is 0 Å². The summed E-state index contributed by atoms with van der Waals surface area (Å²) >= 11 is 0. The molecule has 4 nitrogen and oxygen atoms in total. The molecule has 0 unspecified atom stereocenters. The third kappa shape index (κ3) is 1.71. The van der Waals surface area contributed by atoms with Crippen molar-refractivity contribution in [3.63, 3.8) is 0 Å². The lowest BCUT2D eigenvalue weighted by atomic mass is 9.54. The Labute approximate surface area is 164 Å². The number of hydrogen-bond donors (Lipinski definition) is 0. The Kier molecular flexibility index (Phi) is 3.14. The summed E-state index contributed by atoms with van der Waals surface area (Å²) in [5.74, 6) is 0.200. The van der Waals surface area contributed by atoms with Crippen molar-refractivity contribution < 1.29 is 14.3 Å².